The Morgan fingerprint density at radius 3 is 2.82 bits per heavy atom. The topological polar surface area (TPSA) is 84.3 Å². The van der Waals surface area contributed by atoms with E-state index in [0.717, 1.165) is 18.4 Å². The predicted molar refractivity (Wildman–Crippen MR) is 79.7 cm³/mol. The predicted octanol–water partition coefficient (Wildman–Crippen LogP) is 3.22. The highest BCUT2D eigenvalue weighted by atomic mass is 16.6. The fraction of sp³-hybridized carbons (Fsp3) is 0.562. The molecule has 0 N–H and O–H groups in total. The Morgan fingerprint density at radius 2 is 2.14 bits per heavy atom. The van der Waals surface area contributed by atoms with Crippen molar-refractivity contribution in [2.24, 2.45) is 17.0 Å². The van der Waals surface area contributed by atoms with E-state index in [1.165, 1.54) is 0 Å². The summed E-state index contributed by atoms with van der Waals surface area (Å²) >= 11 is 0. The van der Waals surface area contributed by atoms with Gasteiger partial charge in [-0.05, 0) is 36.3 Å². The van der Waals surface area contributed by atoms with E-state index in [4.69, 9.17) is 15.0 Å². The molecule has 6 heteroatoms. The monoisotopic (exact) mass is 301 g/mol. The fourth-order valence-electron chi connectivity index (χ4n) is 2.90. The first-order valence-electron chi connectivity index (χ1n) is 7.64. The molecular formula is C16H19N3O3. The van der Waals surface area contributed by atoms with E-state index in [2.05, 4.69) is 10.0 Å². The van der Waals surface area contributed by atoms with Gasteiger partial charge in [0.1, 0.15) is 6.10 Å². The Labute approximate surface area is 129 Å². The first kappa shape index (κ1) is 14.9. The number of cyclic esters (lactones) is 1. The highest BCUT2D eigenvalue weighted by Crippen LogP contribution is 2.43. The van der Waals surface area contributed by atoms with Gasteiger partial charge in [0.25, 0.3) is 0 Å². The van der Waals surface area contributed by atoms with E-state index in [-0.39, 0.29) is 24.6 Å². The van der Waals surface area contributed by atoms with Crippen LogP contribution in [-0.2, 0) is 20.9 Å². The van der Waals surface area contributed by atoms with Crippen molar-refractivity contribution < 1.29 is 14.3 Å². The number of ether oxygens (including phenoxy) is 2. The van der Waals surface area contributed by atoms with Crippen LogP contribution in [0.3, 0.4) is 0 Å². The van der Waals surface area contributed by atoms with Crippen LogP contribution in [0.2, 0.25) is 0 Å². The van der Waals surface area contributed by atoms with E-state index in [9.17, 15) is 4.79 Å². The molecule has 1 aliphatic heterocycles. The van der Waals surface area contributed by atoms with Gasteiger partial charge >= 0.3 is 5.97 Å². The molecule has 0 unspecified atom stereocenters. The largest absolute Gasteiger partial charge is 0.462 e. The molecule has 2 aliphatic rings. The van der Waals surface area contributed by atoms with Crippen molar-refractivity contribution in [3.8, 4) is 0 Å². The highest BCUT2D eigenvalue weighted by molar-refractivity contribution is 5.75. The van der Waals surface area contributed by atoms with Crippen molar-refractivity contribution in [2.45, 2.75) is 38.0 Å². The summed E-state index contributed by atoms with van der Waals surface area (Å²) in [5.74, 6) is 0.304. The van der Waals surface area contributed by atoms with Crippen LogP contribution in [0.15, 0.2) is 35.4 Å². The van der Waals surface area contributed by atoms with Gasteiger partial charge in [0.15, 0.2) is 0 Å². The Balaban J connectivity index is 1.54. The molecule has 6 nitrogen and oxygen atoms in total. The number of azide groups is 1. The van der Waals surface area contributed by atoms with Crippen LogP contribution in [0.4, 0.5) is 0 Å². The van der Waals surface area contributed by atoms with Gasteiger partial charge in [-0.15, -0.1) is 0 Å². The van der Waals surface area contributed by atoms with Gasteiger partial charge in [-0.3, -0.25) is 4.79 Å². The normalized spacial score (nSPS) is 25.4. The van der Waals surface area contributed by atoms with Gasteiger partial charge in [-0.2, -0.15) is 0 Å². The van der Waals surface area contributed by atoms with Crippen LogP contribution in [0.25, 0.3) is 10.4 Å². The first-order chi connectivity index (χ1) is 10.8. The molecule has 1 saturated heterocycles. The van der Waals surface area contributed by atoms with Crippen LogP contribution < -0.4 is 0 Å². The van der Waals surface area contributed by atoms with Gasteiger partial charge in [0, 0.05) is 4.91 Å². The molecular weight excluding hydrogens is 282 g/mol. The van der Waals surface area contributed by atoms with E-state index in [1.54, 1.807) is 0 Å². The summed E-state index contributed by atoms with van der Waals surface area (Å²) in [7, 11) is 0. The van der Waals surface area contributed by atoms with Crippen LogP contribution in [0.1, 0.15) is 24.8 Å². The van der Waals surface area contributed by atoms with Crippen molar-refractivity contribution in [2.75, 3.05) is 6.61 Å². The maximum atomic E-state index is 11.9. The molecule has 2 fully saturated rings. The number of carbonyl (C=O) groups is 1. The minimum absolute atomic E-state index is 0.0180. The van der Waals surface area contributed by atoms with E-state index in [0.29, 0.717) is 18.9 Å². The molecule has 1 aliphatic carbocycles. The maximum absolute atomic E-state index is 11.9. The second-order valence-corrected chi connectivity index (χ2v) is 5.93. The summed E-state index contributed by atoms with van der Waals surface area (Å²) in [6.45, 7) is 0.708. The molecule has 1 aromatic carbocycles. The summed E-state index contributed by atoms with van der Waals surface area (Å²) in [5.41, 5.74) is 9.79. The zero-order chi connectivity index (χ0) is 15.4. The third-order valence-corrected chi connectivity index (χ3v) is 4.28. The van der Waals surface area contributed by atoms with Crippen LogP contribution in [0.5, 0.6) is 0 Å². The number of rotatable bonds is 7. The molecule has 0 spiro atoms. The molecule has 0 bridgehead atoms. The lowest BCUT2D eigenvalue weighted by atomic mass is 9.97. The Morgan fingerprint density at radius 1 is 1.36 bits per heavy atom. The van der Waals surface area contributed by atoms with Gasteiger partial charge < -0.3 is 9.47 Å². The Kier molecular flexibility index (Phi) is 4.61. The lowest BCUT2D eigenvalue weighted by Gasteiger charge is -2.17. The molecule has 0 radical (unpaired) electrons. The fourth-order valence-corrected chi connectivity index (χ4v) is 2.90. The van der Waals surface area contributed by atoms with Crippen molar-refractivity contribution in [1.82, 2.24) is 0 Å². The minimum atomic E-state index is -0.457. The SMILES string of the molecule is [N-]=[N+]=N[C@@H](COCc1ccccc1)[C@@H]1C[C@@H](C2CC2)C(=O)O1. The quantitative estimate of drug-likeness (QED) is 0.335. The average molecular weight is 301 g/mol. The molecule has 1 saturated carbocycles. The third kappa shape index (κ3) is 3.59. The van der Waals surface area contributed by atoms with Crippen molar-refractivity contribution >= 4 is 5.97 Å². The standard InChI is InChI=1S/C16H19N3O3/c17-19-18-14(10-21-9-11-4-2-1-3-5-11)15-8-13(12-6-7-12)16(20)22-15/h1-5,12-15H,6-10H2/t13-,14-,15-/m0/s1. The Bertz CT molecular complexity index is 567. The van der Waals surface area contributed by atoms with Gasteiger partial charge in [-0.1, -0.05) is 35.4 Å². The van der Waals surface area contributed by atoms with Gasteiger partial charge in [-0.25, -0.2) is 0 Å². The summed E-state index contributed by atoms with van der Waals surface area (Å²) in [6, 6.07) is 9.33. The summed E-state index contributed by atoms with van der Waals surface area (Å²) < 4.78 is 11.0. The second kappa shape index (κ2) is 6.81. The minimum Gasteiger partial charge on any atom is -0.462 e. The van der Waals surface area contributed by atoms with Crippen molar-refractivity contribution in [3.05, 3.63) is 46.3 Å². The van der Waals surface area contributed by atoms with Gasteiger partial charge in [0.05, 0.1) is 25.2 Å². The van der Waals surface area contributed by atoms with Crippen LogP contribution >= 0.6 is 0 Å². The van der Waals surface area contributed by atoms with Crippen LogP contribution in [0, 0.1) is 11.8 Å². The third-order valence-electron chi connectivity index (χ3n) is 4.28. The zero-order valence-electron chi connectivity index (χ0n) is 12.3. The molecule has 22 heavy (non-hydrogen) atoms. The number of benzene rings is 1. The molecule has 116 valence electrons. The lowest BCUT2D eigenvalue weighted by Crippen LogP contribution is -2.28. The summed E-state index contributed by atoms with van der Waals surface area (Å²) in [5, 5.41) is 3.76. The smallest absolute Gasteiger partial charge is 0.309 e. The first-order valence-corrected chi connectivity index (χ1v) is 7.64. The molecule has 1 heterocycles. The summed E-state index contributed by atoms with van der Waals surface area (Å²) in [4.78, 5) is 14.7. The van der Waals surface area contributed by atoms with Crippen molar-refractivity contribution in [1.29, 1.82) is 0 Å². The van der Waals surface area contributed by atoms with Crippen molar-refractivity contribution in [3.63, 3.8) is 0 Å². The maximum Gasteiger partial charge on any atom is 0.309 e. The van der Waals surface area contributed by atoms with E-state index in [1.807, 2.05) is 30.3 Å². The zero-order valence-corrected chi connectivity index (χ0v) is 12.3. The second-order valence-electron chi connectivity index (χ2n) is 5.93. The number of hydrogen-bond donors (Lipinski definition) is 0. The van der Waals surface area contributed by atoms with E-state index >= 15 is 0 Å². The molecule has 0 amide bonds. The number of carbonyl (C=O) groups excluding carboxylic acids is 1. The van der Waals surface area contributed by atoms with Crippen LogP contribution in [-0.4, -0.2) is 24.7 Å². The lowest BCUT2D eigenvalue weighted by molar-refractivity contribution is -0.145. The van der Waals surface area contributed by atoms with E-state index < -0.39 is 6.04 Å². The van der Waals surface area contributed by atoms with Gasteiger partial charge in [0.2, 0.25) is 0 Å². The number of hydrogen-bond acceptors (Lipinski definition) is 4. The number of esters is 1. The summed E-state index contributed by atoms with van der Waals surface area (Å²) in [6.07, 6.45) is 2.48. The molecule has 1 aromatic rings. The highest BCUT2D eigenvalue weighted by Gasteiger charge is 2.46. The molecule has 3 atom stereocenters. The number of nitrogens with zero attached hydrogens (tertiary/aromatic N) is 3. The average Bonchev–Trinajstić information content (AvgIpc) is 3.30. The molecule has 3 rings (SSSR count). The molecule has 0 aromatic heterocycles. The Hall–Kier alpha value is -2.04.